The number of hydrogen-bond acceptors (Lipinski definition) is 6. The van der Waals surface area contributed by atoms with Gasteiger partial charge in [-0.25, -0.2) is 12.8 Å². The number of sulfonamides is 1. The van der Waals surface area contributed by atoms with Crippen LogP contribution in [0, 0.1) is 18.2 Å². The SMILES string of the molecule is Cc1noc(C2CN(Cc3ccccc3)CC23CN(S(=O)(=O)c2cccc(F)c2)C3)n1. The molecule has 0 amide bonds. The number of likely N-dealkylation sites (tertiary alicyclic amines) is 1. The highest BCUT2D eigenvalue weighted by molar-refractivity contribution is 7.89. The quantitative estimate of drug-likeness (QED) is 0.605. The summed E-state index contributed by atoms with van der Waals surface area (Å²) in [5.74, 6) is 0.493. The van der Waals surface area contributed by atoms with Crippen molar-refractivity contribution in [3.8, 4) is 0 Å². The number of rotatable bonds is 5. The predicted molar refractivity (Wildman–Crippen MR) is 111 cm³/mol. The van der Waals surface area contributed by atoms with E-state index in [0.717, 1.165) is 19.2 Å². The zero-order valence-corrected chi connectivity index (χ0v) is 17.9. The molecule has 1 atom stereocenters. The van der Waals surface area contributed by atoms with Crippen LogP contribution in [0.4, 0.5) is 4.39 Å². The average Bonchev–Trinajstić information content (AvgIpc) is 3.31. The maximum absolute atomic E-state index is 13.6. The molecule has 2 saturated heterocycles. The van der Waals surface area contributed by atoms with Gasteiger partial charge in [0.15, 0.2) is 5.82 Å². The molecule has 0 N–H and O–H groups in total. The zero-order chi connectivity index (χ0) is 21.6. The lowest BCUT2D eigenvalue weighted by Crippen LogP contribution is -2.61. The smallest absolute Gasteiger partial charge is 0.243 e. The van der Waals surface area contributed by atoms with E-state index in [0.29, 0.717) is 31.3 Å². The van der Waals surface area contributed by atoms with Crippen LogP contribution in [0.15, 0.2) is 64.0 Å². The summed E-state index contributed by atoms with van der Waals surface area (Å²) in [6, 6.07) is 15.3. The van der Waals surface area contributed by atoms with Crippen molar-refractivity contribution in [3.05, 3.63) is 77.7 Å². The number of hydrogen-bond donors (Lipinski definition) is 0. The van der Waals surface area contributed by atoms with Gasteiger partial charge in [0.2, 0.25) is 15.9 Å². The van der Waals surface area contributed by atoms with Gasteiger partial charge in [0, 0.05) is 38.1 Å². The van der Waals surface area contributed by atoms with Gasteiger partial charge in [-0.1, -0.05) is 41.6 Å². The average molecular weight is 443 g/mol. The van der Waals surface area contributed by atoms with Gasteiger partial charge in [0.1, 0.15) is 5.82 Å². The van der Waals surface area contributed by atoms with E-state index in [4.69, 9.17) is 4.52 Å². The predicted octanol–water partition coefficient (Wildman–Crippen LogP) is 2.81. The van der Waals surface area contributed by atoms with Crippen LogP contribution < -0.4 is 0 Å². The van der Waals surface area contributed by atoms with Crippen LogP contribution in [0.2, 0.25) is 0 Å². The minimum atomic E-state index is -3.76. The van der Waals surface area contributed by atoms with Crippen molar-refractivity contribution in [2.75, 3.05) is 26.2 Å². The maximum Gasteiger partial charge on any atom is 0.243 e. The van der Waals surface area contributed by atoms with Crippen LogP contribution >= 0.6 is 0 Å². The third-order valence-electron chi connectivity index (χ3n) is 6.23. The van der Waals surface area contributed by atoms with Gasteiger partial charge >= 0.3 is 0 Å². The molecule has 31 heavy (non-hydrogen) atoms. The molecule has 1 spiro atoms. The minimum absolute atomic E-state index is 0.0216. The number of nitrogens with zero attached hydrogens (tertiary/aromatic N) is 4. The van der Waals surface area contributed by atoms with E-state index in [-0.39, 0.29) is 16.2 Å². The van der Waals surface area contributed by atoms with Crippen molar-refractivity contribution in [1.29, 1.82) is 0 Å². The molecule has 0 radical (unpaired) electrons. The molecule has 3 aromatic rings. The second-order valence-electron chi connectivity index (χ2n) is 8.48. The van der Waals surface area contributed by atoms with E-state index < -0.39 is 15.8 Å². The highest BCUT2D eigenvalue weighted by Crippen LogP contribution is 2.50. The molecule has 5 rings (SSSR count). The Kier molecular flexibility index (Phi) is 4.91. The summed E-state index contributed by atoms with van der Waals surface area (Å²) in [4.78, 5) is 6.74. The van der Waals surface area contributed by atoms with E-state index in [1.165, 1.54) is 28.1 Å². The third kappa shape index (κ3) is 3.66. The molecule has 162 valence electrons. The Morgan fingerprint density at radius 2 is 1.90 bits per heavy atom. The van der Waals surface area contributed by atoms with E-state index in [1.54, 1.807) is 6.92 Å². The fraction of sp³-hybridized carbons (Fsp3) is 0.364. The van der Waals surface area contributed by atoms with Crippen LogP contribution in [0.5, 0.6) is 0 Å². The Morgan fingerprint density at radius 3 is 2.58 bits per heavy atom. The Balaban J connectivity index is 1.40. The van der Waals surface area contributed by atoms with Gasteiger partial charge in [0.05, 0.1) is 10.8 Å². The Labute approximate surface area is 180 Å². The second kappa shape index (κ2) is 7.51. The minimum Gasteiger partial charge on any atom is -0.339 e. The molecule has 9 heteroatoms. The van der Waals surface area contributed by atoms with Crippen LogP contribution in [0.3, 0.4) is 0 Å². The lowest BCUT2D eigenvalue weighted by molar-refractivity contribution is 0.0541. The topological polar surface area (TPSA) is 79.5 Å². The summed E-state index contributed by atoms with van der Waals surface area (Å²) in [6.07, 6.45) is 0. The number of aromatic nitrogens is 2. The standard InChI is InChI=1S/C22H23FN4O3S/c1-16-24-21(30-25-16)20-12-26(11-17-6-3-2-4-7-17)13-22(20)14-27(15-22)31(28,29)19-9-5-8-18(23)10-19/h2-10,20H,11-15H2,1H3. The first-order valence-corrected chi connectivity index (χ1v) is 11.6. The number of aryl methyl sites for hydroxylation is 1. The molecule has 0 saturated carbocycles. The number of halogens is 1. The Bertz CT molecular complexity index is 1190. The van der Waals surface area contributed by atoms with Crippen molar-refractivity contribution in [2.45, 2.75) is 24.3 Å². The molecule has 2 aliphatic rings. The lowest BCUT2D eigenvalue weighted by atomic mass is 9.73. The van der Waals surface area contributed by atoms with E-state index in [1.807, 2.05) is 18.2 Å². The Hall–Kier alpha value is -2.62. The molecule has 2 fully saturated rings. The zero-order valence-electron chi connectivity index (χ0n) is 17.1. The highest BCUT2D eigenvalue weighted by Gasteiger charge is 2.59. The summed E-state index contributed by atoms with van der Waals surface area (Å²) in [6.45, 7) is 4.65. The molecule has 2 aliphatic heterocycles. The summed E-state index contributed by atoms with van der Waals surface area (Å²) in [5.41, 5.74) is 0.886. The molecule has 3 heterocycles. The van der Waals surface area contributed by atoms with Gasteiger partial charge < -0.3 is 4.52 Å². The fourth-order valence-corrected chi connectivity index (χ4v) is 6.42. The summed E-state index contributed by atoms with van der Waals surface area (Å²) in [7, 11) is -3.76. The van der Waals surface area contributed by atoms with Crippen LogP contribution in [-0.4, -0.2) is 53.9 Å². The van der Waals surface area contributed by atoms with Gasteiger partial charge in [0.25, 0.3) is 0 Å². The van der Waals surface area contributed by atoms with Gasteiger partial charge in [-0.15, -0.1) is 0 Å². The summed E-state index contributed by atoms with van der Waals surface area (Å²) >= 11 is 0. The van der Waals surface area contributed by atoms with Crippen molar-refractivity contribution < 1.29 is 17.3 Å². The molecule has 1 unspecified atom stereocenters. The third-order valence-corrected chi connectivity index (χ3v) is 8.01. The molecule has 0 aliphatic carbocycles. The van der Waals surface area contributed by atoms with Crippen LogP contribution in [-0.2, 0) is 16.6 Å². The molecular formula is C22H23FN4O3S. The molecular weight excluding hydrogens is 419 g/mol. The first-order valence-electron chi connectivity index (χ1n) is 10.2. The lowest BCUT2D eigenvalue weighted by Gasteiger charge is -2.49. The maximum atomic E-state index is 13.6. The van der Waals surface area contributed by atoms with E-state index in [9.17, 15) is 12.8 Å². The van der Waals surface area contributed by atoms with E-state index >= 15 is 0 Å². The fourth-order valence-electron chi connectivity index (χ4n) is 4.75. The second-order valence-corrected chi connectivity index (χ2v) is 10.4. The van der Waals surface area contributed by atoms with Crippen molar-refractivity contribution in [2.24, 2.45) is 5.41 Å². The summed E-state index contributed by atoms with van der Waals surface area (Å²) in [5, 5.41) is 3.94. The van der Waals surface area contributed by atoms with Crippen molar-refractivity contribution >= 4 is 10.0 Å². The van der Waals surface area contributed by atoms with Gasteiger partial charge in [-0.05, 0) is 30.7 Å². The van der Waals surface area contributed by atoms with Gasteiger partial charge in [-0.2, -0.15) is 9.29 Å². The molecule has 1 aromatic heterocycles. The first kappa shape index (κ1) is 20.3. The van der Waals surface area contributed by atoms with Gasteiger partial charge in [-0.3, -0.25) is 4.90 Å². The molecule has 2 aromatic carbocycles. The normalized spacial score (nSPS) is 21.4. The highest BCUT2D eigenvalue weighted by atomic mass is 32.2. The number of benzene rings is 2. The van der Waals surface area contributed by atoms with Crippen LogP contribution in [0.25, 0.3) is 0 Å². The van der Waals surface area contributed by atoms with Crippen molar-refractivity contribution in [1.82, 2.24) is 19.3 Å². The Morgan fingerprint density at radius 1 is 1.13 bits per heavy atom. The van der Waals surface area contributed by atoms with Crippen molar-refractivity contribution in [3.63, 3.8) is 0 Å². The summed E-state index contributed by atoms with van der Waals surface area (Å²) < 4.78 is 46.6. The molecule has 7 nitrogen and oxygen atoms in total. The molecule has 0 bridgehead atoms. The largest absolute Gasteiger partial charge is 0.339 e. The van der Waals surface area contributed by atoms with E-state index in [2.05, 4.69) is 27.2 Å². The van der Waals surface area contributed by atoms with Crippen LogP contribution in [0.1, 0.15) is 23.2 Å². The first-order chi connectivity index (χ1) is 14.9. The monoisotopic (exact) mass is 442 g/mol.